The summed E-state index contributed by atoms with van der Waals surface area (Å²) < 4.78 is 10.9. The maximum atomic E-state index is 12.4. The van der Waals surface area contributed by atoms with Gasteiger partial charge in [0.2, 0.25) is 11.8 Å². The van der Waals surface area contributed by atoms with Gasteiger partial charge in [-0.25, -0.2) is 0 Å². The number of nitrogens with one attached hydrogen (secondary N) is 1. The van der Waals surface area contributed by atoms with Crippen molar-refractivity contribution in [2.24, 2.45) is 0 Å². The van der Waals surface area contributed by atoms with Crippen molar-refractivity contribution in [3.05, 3.63) is 54.1 Å². The minimum Gasteiger partial charge on any atom is -0.497 e. The topological polar surface area (TPSA) is 77.2 Å². The van der Waals surface area contributed by atoms with Gasteiger partial charge in [0, 0.05) is 11.3 Å². The van der Waals surface area contributed by atoms with Gasteiger partial charge in [-0.3, -0.25) is 4.79 Å². The van der Waals surface area contributed by atoms with Gasteiger partial charge in [-0.15, -0.1) is 10.2 Å². The zero-order valence-corrected chi connectivity index (χ0v) is 18.0. The van der Waals surface area contributed by atoms with Gasteiger partial charge >= 0.3 is 0 Å². The van der Waals surface area contributed by atoms with E-state index in [0.29, 0.717) is 16.8 Å². The molecule has 3 rings (SSSR count). The first kappa shape index (κ1) is 20.9. The van der Waals surface area contributed by atoms with Crippen LogP contribution in [0.5, 0.6) is 5.75 Å². The highest BCUT2D eigenvalue weighted by molar-refractivity contribution is 8.00. The van der Waals surface area contributed by atoms with Crippen LogP contribution in [0.25, 0.3) is 11.5 Å². The number of hydrogen-bond acceptors (Lipinski definition) is 6. The van der Waals surface area contributed by atoms with Gasteiger partial charge in [-0.1, -0.05) is 44.7 Å². The fraction of sp³-hybridized carbons (Fsp3) is 0.318. The van der Waals surface area contributed by atoms with Crippen LogP contribution in [0.3, 0.4) is 0 Å². The fourth-order valence-corrected chi connectivity index (χ4v) is 3.29. The van der Waals surface area contributed by atoms with E-state index in [2.05, 4.69) is 48.4 Å². The Morgan fingerprint density at radius 3 is 2.31 bits per heavy atom. The zero-order valence-electron chi connectivity index (χ0n) is 17.2. The molecule has 0 aliphatic heterocycles. The van der Waals surface area contributed by atoms with Gasteiger partial charge in [0.15, 0.2) is 0 Å². The van der Waals surface area contributed by atoms with E-state index in [1.807, 2.05) is 12.1 Å². The van der Waals surface area contributed by atoms with E-state index in [4.69, 9.17) is 9.15 Å². The molecule has 0 aliphatic carbocycles. The molecule has 1 heterocycles. The number of methoxy groups -OCH3 is 1. The second kappa shape index (κ2) is 8.69. The number of aromatic nitrogens is 2. The van der Waals surface area contributed by atoms with Crippen molar-refractivity contribution in [2.75, 3.05) is 12.4 Å². The lowest BCUT2D eigenvalue weighted by Crippen LogP contribution is -2.22. The summed E-state index contributed by atoms with van der Waals surface area (Å²) in [6.07, 6.45) is 0. The molecule has 29 heavy (non-hydrogen) atoms. The molecule has 0 aliphatic rings. The highest BCUT2D eigenvalue weighted by atomic mass is 32.2. The summed E-state index contributed by atoms with van der Waals surface area (Å²) in [5.74, 6) is 1.03. The van der Waals surface area contributed by atoms with E-state index in [9.17, 15) is 4.79 Å². The number of benzene rings is 2. The molecule has 3 aromatic rings. The van der Waals surface area contributed by atoms with Gasteiger partial charge in [0.25, 0.3) is 5.22 Å². The number of carbonyl (C=O) groups excluding carboxylic acids is 1. The van der Waals surface area contributed by atoms with E-state index >= 15 is 0 Å². The number of nitrogens with zero attached hydrogens (tertiary/aromatic N) is 2. The molecular formula is C22H25N3O3S. The van der Waals surface area contributed by atoms with Gasteiger partial charge in [-0.2, -0.15) is 0 Å². The maximum absolute atomic E-state index is 12.4. The number of anilines is 1. The third-order valence-corrected chi connectivity index (χ3v) is 5.34. The Hall–Kier alpha value is -2.80. The molecule has 0 radical (unpaired) electrons. The Balaban J connectivity index is 1.62. The van der Waals surface area contributed by atoms with E-state index in [1.165, 1.54) is 17.3 Å². The average Bonchev–Trinajstić information content (AvgIpc) is 3.16. The number of rotatable bonds is 6. The molecule has 1 unspecified atom stereocenters. The highest BCUT2D eigenvalue weighted by Crippen LogP contribution is 2.29. The van der Waals surface area contributed by atoms with Gasteiger partial charge in [0.1, 0.15) is 5.75 Å². The summed E-state index contributed by atoms with van der Waals surface area (Å²) in [5.41, 5.74) is 2.88. The molecule has 1 atom stereocenters. The smallest absolute Gasteiger partial charge is 0.277 e. The van der Waals surface area contributed by atoms with E-state index in [0.717, 1.165) is 11.3 Å². The Bertz CT molecular complexity index is 960. The Morgan fingerprint density at radius 2 is 1.72 bits per heavy atom. The Labute approximate surface area is 175 Å². The van der Waals surface area contributed by atoms with Crippen LogP contribution >= 0.6 is 11.8 Å². The first-order valence-electron chi connectivity index (χ1n) is 9.32. The highest BCUT2D eigenvalue weighted by Gasteiger charge is 2.19. The van der Waals surface area contributed by atoms with Crippen LogP contribution < -0.4 is 10.1 Å². The molecule has 7 heteroatoms. The third-order valence-electron chi connectivity index (χ3n) is 4.41. The molecule has 0 fully saturated rings. The lowest BCUT2D eigenvalue weighted by Gasteiger charge is -2.18. The summed E-state index contributed by atoms with van der Waals surface area (Å²) in [6.45, 7) is 8.30. The van der Waals surface area contributed by atoms with E-state index in [1.54, 1.807) is 38.3 Å². The van der Waals surface area contributed by atoms with Crippen molar-refractivity contribution in [3.8, 4) is 17.2 Å². The van der Waals surface area contributed by atoms with Crippen LogP contribution in [0.2, 0.25) is 0 Å². The SMILES string of the molecule is COc1ccc(NC(=O)C(C)Sc2nnc(-c3ccc(C(C)(C)C)cc3)o2)cc1. The van der Waals surface area contributed by atoms with Crippen LogP contribution in [0.4, 0.5) is 5.69 Å². The van der Waals surface area contributed by atoms with Crippen molar-refractivity contribution in [2.45, 2.75) is 43.6 Å². The van der Waals surface area contributed by atoms with Crippen LogP contribution in [-0.2, 0) is 10.2 Å². The van der Waals surface area contributed by atoms with Gasteiger partial charge in [-0.05, 0) is 54.3 Å². The predicted molar refractivity (Wildman–Crippen MR) is 115 cm³/mol. The summed E-state index contributed by atoms with van der Waals surface area (Å²) in [4.78, 5) is 12.4. The monoisotopic (exact) mass is 411 g/mol. The van der Waals surface area contributed by atoms with E-state index in [-0.39, 0.29) is 11.3 Å². The van der Waals surface area contributed by atoms with Crippen molar-refractivity contribution in [3.63, 3.8) is 0 Å². The molecule has 1 N–H and O–H groups in total. The van der Waals surface area contributed by atoms with Crippen molar-refractivity contribution in [1.82, 2.24) is 10.2 Å². The molecule has 0 bridgehead atoms. The van der Waals surface area contributed by atoms with Gasteiger partial charge in [0.05, 0.1) is 12.4 Å². The van der Waals surface area contributed by atoms with Crippen molar-refractivity contribution < 1.29 is 13.9 Å². The first-order valence-corrected chi connectivity index (χ1v) is 10.2. The molecule has 0 saturated carbocycles. The largest absolute Gasteiger partial charge is 0.497 e. The molecule has 1 aromatic heterocycles. The first-order chi connectivity index (χ1) is 13.8. The number of carbonyl (C=O) groups is 1. The fourth-order valence-electron chi connectivity index (χ4n) is 2.61. The second-order valence-electron chi connectivity index (χ2n) is 7.68. The second-order valence-corrected chi connectivity index (χ2v) is 8.97. The molecular weight excluding hydrogens is 386 g/mol. The molecule has 0 spiro atoms. The van der Waals surface area contributed by atoms with E-state index < -0.39 is 5.25 Å². The number of amides is 1. The summed E-state index contributed by atoms with van der Waals surface area (Å²) >= 11 is 1.22. The van der Waals surface area contributed by atoms with Crippen molar-refractivity contribution >= 4 is 23.4 Å². The molecule has 6 nitrogen and oxygen atoms in total. The number of thioether (sulfide) groups is 1. The predicted octanol–water partition coefficient (Wildman–Crippen LogP) is 5.16. The summed E-state index contributed by atoms with van der Waals surface area (Å²) in [5, 5.41) is 11.0. The molecule has 152 valence electrons. The summed E-state index contributed by atoms with van der Waals surface area (Å²) in [6, 6.07) is 15.3. The normalized spacial score (nSPS) is 12.4. The van der Waals surface area contributed by atoms with Crippen LogP contribution in [-0.4, -0.2) is 28.5 Å². The molecule has 2 aromatic carbocycles. The minimum absolute atomic E-state index is 0.0844. The van der Waals surface area contributed by atoms with Crippen LogP contribution in [0, 0.1) is 0 Å². The Morgan fingerprint density at radius 1 is 1.07 bits per heavy atom. The Kier molecular flexibility index (Phi) is 6.27. The zero-order chi connectivity index (χ0) is 21.0. The lowest BCUT2D eigenvalue weighted by molar-refractivity contribution is -0.115. The third kappa shape index (κ3) is 5.38. The molecule has 0 saturated heterocycles. The quantitative estimate of drug-likeness (QED) is 0.565. The number of ether oxygens (including phenoxy) is 1. The molecule has 1 amide bonds. The van der Waals surface area contributed by atoms with Gasteiger partial charge < -0.3 is 14.5 Å². The van der Waals surface area contributed by atoms with Crippen LogP contribution in [0.15, 0.2) is 58.2 Å². The van der Waals surface area contributed by atoms with Crippen molar-refractivity contribution in [1.29, 1.82) is 0 Å². The maximum Gasteiger partial charge on any atom is 0.277 e. The lowest BCUT2D eigenvalue weighted by atomic mass is 9.87. The number of hydrogen-bond donors (Lipinski definition) is 1. The summed E-state index contributed by atoms with van der Waals surface area (Å²) in [7, 11) is 1.60. The minimum atomic E-state index is -0.395. The van der Waals surface area contributed by atoms with Crippen LogP contribution in [0.1, 0.15) is 33.3 Å². The average molecular weight is 412 g/mol. The standard InChI is InChI=1S/C22H25N3O3S/c1-14(19(26)23-17-10-12-18(27-5)13-11-17)29-21-25-24-20(28-21)15-6-8-16(9-7-15)22(2,3)4/h6-14H,1-5H3,(H,23,26).